The molecule has 230 valence electrons. The Kier molecular flexibility index (Phi) is 14.0. The van der Waals surface area contributed by atoms with Crippen molar-refractivity contribution in [2.24, 2.45) is 0 Å². The maximum atomic E-state index is 14.4. The van der Waals surface area contributed by atoms with Crippen LogP contribution in [-0.4, -0.2) is 60.1 Å². The van der Waals surface area contributed by atoms with E-state index in [2.05, 4.69) is 10.6 Å². The zero-order chi connectivity index (χ0) is 31.1. The minimum absolute atomic E-state index is 0.0147. The van der Waals surface area contributed by atoms with Gasteiger partial charge in [0.25, 0.3) is 0 Å². The van der Waals surface area contributed by atoms with Gasteiger partial charge in [-0.1, -0.05) is 74.9 Å². The SMILES string of the molecule is CCCCN(C(=O)C(Cc1ccccc1)NC(=O)OC(C)(C)C)C(C(=O)NCCC(=O)OCC)c1ccc(CC)cc1. The summed E-state index contributed by atoms with van der Waals surface area (Å²) in [5.41, 5.74) is 1.83. The van der Waals surface area contributed by atoms with Gasteiger partial charge in [-0.15, -0.1) is 0 Å². The number of carbonyl (C=O) groups excluding carboxylic acids is 4. The van der Waals surface area contributed by atoms with E-state index in [1.54, 1.807) is 27.7 Å². The summed E-state index contributed by atoms with van der Waals surface area (Å²) in [6.45, 7) is 11.7. The molecule has 2 aromatic rings. The van der Waals surface area contributed by atoms with Crippen LogP contribution in [0.5, 0.6) is 0 Å². The molecule has 2 N–H and O–H groups in total. The first kappa shape index (κ1) is 34.3. The van der Waals surface area contributed by atoms with Gasteiger partial charge in [-0.25, -0.2) is 4.79 Å². The third kappa shape index (κ3) is 11.5. The fourth-order valence-corrected chi connectivity index (χ4v) is 4.42. The molecule has 0 aliphatic rings. The number of unbranched alkanes of at least 4 members (excludes halogenated alkanes) is 1. The molecule has 3 amide bonds. The number of nitrogens with one attached hydrogen (secondary N) is 2. The number of aryl methyl sites for hydroxylation is 1. The van der Waals surface area contributed by atoms with Crippen molar-refractivity contribution in [1.82, 2.24) is 15.5 Å². The van der Waals surface area contributed by atoms with E-state index >= 15 is 0 Å². The first-order valence-electron chi connectivity index (χ1n) is 14.8. The number of hydrogen-bond donors (Lipinski definition) is 2. The van der Waals surface area contributed by atoms with Crippen LogP contribution in [0.2, 0.25) is 0 Å². The highest BCUT2D eigenvalue weighted by atomic mass is 16.6. The molecule has 2 atom stereocenters. The van der Waals surface area contributed by atoms with E-state index in [-0.39, 0.29) is 26.0 Å². The van der Waals surface area contributed by atoms with Gasteiger partial charge in [0.1, 0.15) is 17.7 Å². The van der Waals surface area contributed by atoms with Crippen LogP contribution < -0.4 is 10.6 Å². The van der Waals surface area contributed by atoms with E-state index in [1.165, 1.54) is 4.90 Å². The van der Waals surface area contributed by atoms with Crippen LogP contribution >= 0.6 is 0 Å². The molecule has 0 aromatic heterocycles. The molecular weight excluding hydrogens is 534 g/mol. The molecule has 0 bridgehead atoms. The average Bonchev–Trinajstić information content (AvgIpc) is 2.94. The van der Waals surface area contributed by atoms with E-state index in [9.17, 15) is 19.2 Å². The van der Waals surface area contributed by atoms with Crippen LogP contribution in [0, 0.1) is 0 Å². The van der Waals surface area contributed by atoms with Gasteiger partial charge < -0.3 is 25.0 Å². The third-order valence-corrected chi connectivity index (χ3v) is 6.50. The largest absolute Gasteiger partial charge is 0.466 e. The highest BCUT2D eigenvalue weighted by Crippen LogP contribution is 2.25. The maximum absolute atomic E-state index is 14.4. The van der Waals surface area contributed by atoms with Crippen molar-refractivity contribution >= 4 is 23.9 Å². The van der Waals surface area contributed by atoms with Crippen molar-refractivity contribution in [2.45, 2.75) is 91.3 Å². The number of rotatable bonds is 15. The third-order valence-electron chi connectivity index (χ3n) is 6.50. The van der Waals surface area contributed by atoms with Crippen LogP contribution in [0.3, 0.4) is 0 Å². The molecule has 0 spiro atoms. The van der Waals surface area contributed by atoms with Crippen LogP contribution in [0.1, 0.15) is 83.5 Å². The van der Waals surface area contributed by atoms with Gasteiger partial charge in [0.2, 0.25) is 11.8 Å². The molecule has 0 heterocycles. The predicted octanol–water partition coefficient (Wildman–Crippen LogP) is 5.12. The van der Waals surface area contributed by atoms with Gasteiger partial charge in [-0.05, 0) is 57.2 Å². The molecule has 2 unspecified atom stereocenters. The number of nitrogens with zero attached hydrogens (tertiary/aromatic N) is 1. The Hall–Kier alpha value is -3.88. The van der Waals surface area contributed by atoms with Gasteiger partial charge in [-0.2, -0.15) is 0 Å². The number of benzene rings is 2. The molecule has 42 heavy (non-hydrogen) atoms. The second-order valence-corrected chi connectivity index (χ2v) is 11.1. The Morgan fingerprint density at radius 3 is 2.14 bits per heavy atom. The second-order valence-electron chi connectivity index (χ2n) is 11.1. The van der Waals surface area contributed by atoms with Crippen LogP contribution in [0.4, 0.5) is 4.79 Å². The second kappa shape index (κ2) is 17.2. The van der Waals surface area contributed by atoms with E-state index in [1.807, 2.05) is 68.4 Å². The van der Waals surface area contributed by atoms with Crippen molar-refractivity contribution in [3.05, 3.63) is 71.3 Å². The van der Waals surface area contributed by atoms with E-state index < -0.39 is 41.6 Å². The van der Waals surface area contributed by atoms with Crippen LogP contribution in [0.15, 0.2) is 54.6 Å². The van der Waals surface area contributed by atoms with E-state index in [0.717, 1.165) is 24.0 Å². The highest BCUT2D eigenvalue weighted by molar-refractivity contribution is 5.92. The Morgan fingerprint density at radius 2 is 1.57 bits per heavy atom. The topological polar surface area (TPSA) is 114 Å². The molecule has 0 fully saturated rings. The summed E-state index contributed by atoms with van der Waals surface area (Å²) >= 11 is 0. The fraction of sp³-hybridized carbons (Fsp3) is 0.515. The lowest BCUT2D eigenvalue weighted by Crippen LogP contribution is -2.54. The lowest BCUT2D eigenvalue weighted by Gasteiger charge is -2.34. The summed E-state index contributed by atoms with van der Waals surface area (Å²) in [5.74, 6) is -1.22. The molecule has 0 aliphatic heterocycles. The summed E-state index contributed by atoms with van der Waals surface area (Å²) in [5, 5.41) is 5.59. The highest BCUT2D eigenvalue weighted by Gasteiger charge is 2.36. The van der Waals surface area contributed by atoms with Crippen molar-refractivity contribution in [1.29, 1.82) is 0 Å². The molecule has 0 aliphatic carbocycles. The Labute approximate surface area is 250 Å². The maximum Gasteiger partial charge on any atom is 0.408 e. The zero-order valence-corrected chi connectivity index (χ0v) is 25.9. The monoisotopic (exact) mass is 581 g/mol. The number of carbonyl (C=O) groups is 4. The minimum atomic E-state index is -0.983. The Balaban J connectivity index is 2.49. The zero-order valence-electron chi connectivity index (χ0n) is 25.9. The minimum Gasteiger partial charge on any atom is -0.466 e. The first-order chi connectivity index (χ1) is 20.0. The molecule has 2 aromatic carbocycles. The average molecular weight is 582 g/mol. The molecule has 2 rings (SSSR count). The molecule has 0 radical (unpaired) electrons. The molecule has 0 saturated carbocycles. The summed E-state index contributed by atoms with van der Waals surface area (Å²) in [7, 11) is 0. The number of amides is 3. The fourth-order valence-electron chi connectivity index (χ4n) is 4.42. The molecule has 9 nitrogen and oxygen atoms in total. The normalized spacial score (nSPS) is 12.5. The number of ether oxygens (including phenoxy) is 2. The van der Waals surface area contributed by atoms with Gasteiger partial charge in [-0.3, -0.25) is 14.4 Å². The molecule has 0 saturated heterocycles. The summed E-state index contributed by atoms with van der Waals surface area (Å²) in [6.07, 6.45) is 1.78. The standard InChI is InChI=1S/C33H47N3O6/c1-7-10-22-36(31(39)27(23-25-14-12-11-13-15-25)35-32(40)42-33(4,5)6)29(26-18-16-24(8-2)17-19-26)30(38)34-21-20-28(37)41-9-3/h11-19,27,29H,7-10,20-23H2,1-6H3,(H,34,38)(H,35,40). The van der Waals surface area contributed by atoms with E-state index in [4.69, 9.17) is 9.47 Å². The van der Waals surface area contributed by atoms with Crippen molar-refractivity contribution in [2.75, 3.05) is 19.7 Å². The van der Waals surface area contributed by atoms with Gasteiger partial charge in [0.15, 0.2) is 0 Å². The smallest absolute Gasteiger partial charge is 0.408 e. The van der Waals surface area contributed by atoms with Gasteiger partial charge in [0.05, 0.1) is 13.0 Å². The molecule has 9 heteroatoms. The molecular formula is C33H47N3O6. The van der Waals surface area contributed by atoms with Crippen molar-refractivity contribution in [3.8, 4) is 0 Å². The number of esters is 1. The van der Waals surface area contributed by atoms with Crippen molar-refractivity contribution in [3.63, 3.8) is 0 Å². The van der Waals surface area contributed by atoms with Crippen LogP contribution in [-0.2, 0) is 36.7 Å². The van der Waals surface area contributed by atoms with Crippen LogP contribution in [0.25, 0.3) is 0 Å². The predicted molar refractivity (Wildman–Crippen MR) is 163 cm³/mol. The quantitative estimate of drug-likeness (QED) is 0.282. The lowest BCUT2D eigenvalue weighted by molar-refractivity contribution is -0.144. The van der Waals surface area contributed by atoms with E-state index in [0.29, 0.717) is 18.5 Å². The number of hydrogen-bond acceptors (Lipinski definition) is 6. The lowest BCUT2D eigenvalue weighted by atomic mass is 9.98. The van der Waals surface area contributed by atoms with Gasteiger partial charge in [0, 0.05) is 19.5 Å². The van der Waals surface area contributed by atoms with Crippen molar-refractivity contribution < 1.29 is 28.7 Å². The number of alkyl carbamates (subject to hydrolysis) is 1. The first-order valence-corrected chi connectivity index (χ1v) is 14.8. The van der Waals surface area contributed by atoms with Gasteiger partial charge >= 0.3 is 12.1 Å². The Bertz CT molecular complexity index is 1140. The summed E-state index contributed by atoms with van der Waals surface area (Å²) in [6, 6.07) is 15.0. The summed E-state index contributed by atoms with van der Waals surface area (Å²) < 4.78 is 10.5. The summed E-state index contributed by atoms with van der Waals surface area (Å²) in [4.78, 5) is 54.4. The Morgan fingerprint density at radius 1 is 0.905 bits per heavy atom.